The smallest absolute Gasteiger partial charge is 0.410 e. The van der Waals surface area contributed by atoms with Gasteiger partial charge in [0.15, 0.2) is 0 Å². The Hall–Kier alpha value is -1.62. The summed E-state index contributed by atoms with van der Waals surface area (Å²) in [6.45, 7) is 11.7. The van der Waals surface area contributed by atoms with Crippen LogP contribution in [0.4, 0.5) is 9.18 Å². The van der Waals surface area contributed by atoms with E-state index in [4.69, 9.17) is 4.74 Å². The molecule has 0 spiro atoms. The third-order valence-corrected chi connectivity index (χ3v) is 4.36. The van der Waals surface area contributed by atoms with Crippen molar-refractivity contribution in [3.05, 3.63) is 35.1 Å². The summed E-state index contributed by atoms with van der Waals surface area (Å²) >= 11 is 0. The molecule has 0 aliphatic carbocycles. The molecule has 1 heterocycles. The Balaban J connectivity index is 2.21. The topological polar surface area (TPSA) is 41.6 Å². The lowest BCUT2D eigenvalue weighted by atomic mass is 9.84. The van der Waals surface area contributed by atoms with Gasteiger partial charge in [0.2, 0.25) is 0 Å². The quantitative estimate of drug-likeness (QED) is 0.912. The predicted octanol–water partition coefficient (Wildman–Crippen LogP) is 3.84. The molecule has 134 valence electrons. The van der Waals surface area contributed by atoms with Crippen LogP contribution in [-0.2, 0) is 4.74 Å². The number of carbonyl (C=O) groups excluding carboxylic acids is 1. The number of likely N-dealkylation sites (tertiary alicyclic amines) is 1. The molecule has 1 amide bonds. The lowest BCUT2D eigenvalue weighted by Crippen LogP contribution is -2.51. The lowest BCUT2D eigenvalue weighted by molar-refractivity contribution is 0.0176. The van der Waals surface area contributed by atoms with Crippen molar-refractivity contribution >= 4 is 6.09 Å². The van der Waals surface area contributed by atoms with Crippen LogP contribution in [0.5, 0.6) is 0 Å². The summed E-state index contributed by atoms with van der Waals surface area (Å²) in [7, 11) is 0. The number of rotatable bonds is 3. The molecular weight excluding hydrogens is 307 g/mol. The highest BCUT2D eigenvalue weighted by atomic mass is 19.1. The van der Waals surface area contributed by atoms with Gasteiger partial charge in [-0.2, -0.15) is 0 Å². The zero-order valence-electron chi connectivity index (χ0n) is 15.4. The van der Waals surface area contributed by atoms with E-state index in [-0.39, 0.29) is 23.9 Å². The van der Waals surface area contributed by atoms with Gasteiger partial charge in [0.25, 0.3) is 0 Å². The van der Waals surface area contributed by atoms with Crippen LogP contribution in [0, 0.1) is 12.7 Å². The average Bonchev–Trinajstić information content (AvgIpc) is 2.46. The van der Waals surface area contributed by atoms with Crippen LogP contribution in [-0.4, -0.2) is 42.3 Å². The second-order valence-corrected chi connectivity index (χ2v) is 7.49. The van der Waals surface area contributed by atoms with E-state index in [0.29, 0.717) is 13.1 Å². The molecule has 2 atom stereocenters. The fourth-order valence-corrected chi connectivity index (χ4v) is 3.32. The molecule has 2 rings (SSSR count). The van der Waals surface area contributed by atoms with Crippen LogP contribution >= 0.6 is 0 Å². The van der Waals surface area contributed by atoms with Crippen molar-refractivity contribution in [3.63, 3.8) is 0 Å². The fraction of sp³-hybridized carbons (Fsp3) is 0.632. The number of piperidine rings is 1. The van der Waals surface area contributed by atoms with E-state index in [1.807, 2.05) is 33.8 Å². The van der Waals surface area contributed by atoms with E-state index in [0.717, 1.165) is 24.1 Å². The Morgan fingerprint density at radius 3 is 2.71 bits per heavy atom. The normalized spacial score (nSPS) is 21.7. The third-order valence-electron chi connectivity index (χ3n) is 4.36. The molecule has 0 unspecified atom stereocenters. The molecule has 1 fully saturated rings. The molecule has 1 aromatic carbocycles. The van der Waals surface area contributed by atoms with Crippen LogP contribution in [0.3, 0.4) is 0 Å². The number of halogens is 1. The van der Waals surface area contributed by atoms with Gasteiger partial charge in [0.1, 0.15) is 11.4 Å². The predicted molar refractivity (Wildman–Crippen MR) is 93.8 cm³/mol. The molecule has 1 aliphatic heterocycles. The Morgan fingerprint density at radius 1 is 1.42 bits per heavy atom. The van der Waals surface area contributed by atoms with Gasteiger partial charge >= 0.3 is 6.09 Å². The van der Waals surface area contributed by atoms with E-state index in [1.165, 1.54) is 6.07 Å². The number of amides is 1. The van der Waals surface area contributed by atoms with Gasteiger partial charge in [-0.1, -0.05) is 13.0 Å². The minimum Gasteiger partial charge on any atom is -0.444 e. The van der Waals surface area contributed by atoms with Crippen molar-refractivity contribution in [3.8, 4) is 0 Å². The first-order chi connectivity index (χ1) is 11.2. The first-order valence-corrected chi connectivity index (χ1v) is 8.68. The van der Waals surface area contributed by atoms with Crippen LogP contribution in [0.1, 0.15) is 51.2 Å². The van der Waals surface area contributed by atoms with Gasteiger partial charge in [-0.25, -0.2) is 9.18 Å². The van der Waals surface area contributed by atoms with Gasteiger partial charge in [-0.15, -0.1) is 0 Å². The number of hydrogen-bond donors (Lipinski definition) is 1. The van der Waals surface area contributed by atoms with Crippen molar-refractivity contribution < 1.29 is 13.9 Å². The highest BCUT2D eigenvalue weighted by molar-refractivity contribution is 5.68. The number of benzene rings is 1. The van der Waals surface area contributed by atoms with Gasteiger partial charge in [-0.05, 0) is 63.9 Å². The SMILES string of the molecule is CCN[C@H]1CCN(C(=O)OC(C)(C)C)C[C@@H]1c1ccc(F)cc1C. The second kappa shape index (κ2) is 7.51. The molecule has 24 heavy (non-hydrogen) atoms. The Bertz CT molecular complexity index is 583. The molecule has 1 N–H and O–H groups in total. The van der Waals surface area contributed by atoms with E-state index < -0.39 is 5.60 Å². The van der Waals surface area contributed by atoms with E-state index in [2.05, 4.69) is 12.2 Å². The van der Waals surface area contributed by atoms with Crippen molar-refractivity contribution in [2.45, 2.75) is 58.6 Å². The molecule has 0 saturated carbocycles. The number of nitrogens with one attached hydrogen (secondary N) is 1. The summed E-state index contributed by atoms with van der Waals surface area (Å²) in [5.41, 5.74) is 1.52. The zero-order valence-corrected chi connectivity index (χ0v) is 15.4. The largest absolute Gasteiger partial charge is 0.444 e. The number of aryl methyl sites for hydroxylation is 1. The second-order valence-electron chi connectivity index (χ2n) is 7.49. The van der Waals surface area contributed by atoms with Gasteiger partial charge < -0.3 is 15.0 Å². The molecule has 1 saturated heterocycles. The molecular formula is C19H29FN2O2. The maximum absolute atomic E-state index is 13.5. The maximum Gasteiger partial charge on any atom is 0.410 e. The monoisotopic (exact) mass is 336 g/mol. The van der Waals surface area contributed by atoms with E-state index >= 15 is 0 Å². The number of hydrogen-bond acceptors (Lipinski definition) is 3. The molecule has 1 aliphatic rings. The van der Waals surface area contributed by atoms with Crippen molar-refractivity contribution in [1.82, 2.24) is 10.2 Å². The molecule has 5 heteroatoms. The highest BCUT2D eigenvalue weighted by Gasteiger charge is 2.34. The van der Waals surface area contributed by atoms with Gasteiger partial charge in [-0.3, -0.25) is 0 Å². The number of nitrogens with zero attached hydrogens (tertiary/aromatic N) is 1. The van der Waals surface area contributed by atoms with E-state index in [9.17, 15) is 9.18 Å². The van der Waals surface area contributed by atoms with Crippen molar-refractivity contribution in [2.75, 3.05) is 19.6 Å². The summed E-state index contributed by atoms with van der Waals surface area (Å²) in [4.78, 5) is 14.2. The molecule has 0 aromatic heterocycles. The maximum atomic E-state index is 13.5. The lowest BCUT2D eigenvalue weighted by Gasteiger charge is -2.40. The Morgan fingerprint density at radius 2 is 2.12 bits per heavy atom. The number of likely N-dealkylation sites (N-methyl/N-ethyl adjacent to an activating group) is 1. The highest BCUT2D eigenvalue weighted by Crippen LogP contribution is 2.30. The first kappa shape index (κ1) is 18.7. The van der Waals surface area contributed by atoms with Gasteiger partial charge in [0, 0.05) is 25.0 Å². The van der Waals surface area contributed by atoms with E-state index in [1.54, 1.807) is 11.0 Å². The van der Waals surface area contributed by atoms with Crippen molar-refractivity contribution in [1.29, 1.82) is 0 Å². The summed E-state index contributed by atoms with van der Waals surface area (Å²) in [5, 5.41) is 3.51. The van der Waals surface area contributed by atoms with Crippen LogP contribution in [0.15, 0.2) is 18.2 Å². The number of ether oxygens (including phenoxy) is 1. The molecule has 0 radical (unpaired) electrons. The number of carbonyl (C=O) groups is 1. The van der Waals surface area contributed by atoms with Crippen LogP contribution in [0.2, 0.25) is 0 Å². The minimum atomic E-state index is -0.503. The summed E-state index contributed by atoms with van der Waals surface area (Å²) in [5.74, 6) is -0.0946. The standard InChI is InChI=1S/C19H29FN2O2/c1-6-21-17-9-10-22(18(23)24-19(3,4)5)12-16(17)15-8-7-14(20)11-13(15)2/h7-8,11,16-17,21H,6,9-10,12H2,1-5H3/t16-,17+/m1/s1. The minimum absolute atomic E-state index is 0.131. The zero-order chi connectivity index (χ0) is 17.9. The Labute approximate surface area is 144 Å². The summed E-state index contributed by atoms with van der Waals surface area (Å²) in [6.07, 6.45) is 0.580. The average molecular weight is 336 g/mol. The molecule has 4 nitrogen and oxygen atoms in total. The Kier molecular flexibility index (Phi) is 5.86. The fourth-order valence-electron chi connectivity index (χ4n) is 3.32. The van der Waals surface area contributed by atoms with Crippen molar-refractivity contribution in [2.24, 2.45) is 0 Å². The van der Waals surface area contributed by atoms with Gasteiger partial charge in [0.05, 0.1) is 0 Å². The van der Waals surface area contributed by atoms with Crippen LogP contribution < -0.4 is 5.32 Å². The molecule has 0 bridgehead atoms. The summed E-state index contributed by atoms with van der Waals surface area (Å²) < 4.78 is 19.0. The molecule has 1 aromatic rings. The van der Waals surface area contributed by atoms with Crippen LogP contribution in [0.25, 0.3) is 0 Å². The first-order valence-electron chi connectivity index (χ1n) is 8.68. The third kappa shape index (κ3) is 4.69. The summed E-state index contributed by atoms with van der Waals surface area (Å²) in [6, 6.07) is 5.18.